The number of hydrogen-bond donors (Lipinski definition) is 1. The zero-order valence-electron chi connectivity index (χ0n) is 9.80. The standard InChI is InChI=1S/C11H14N4OS/c1-3-15-5-4-12-10(11(15)16)13-6-9-14-8(2)7-17-9/h4-5,7H,3,6H2,1-2H3,(H,12,13). The van der Waals surface area contributed by atoms with Crippen molar-refractivity contribution in [2.24, 2.45) is 0 Å². The first-order valence-corrected chi connectivity index (χ1v) is 6.29. The fraction of sp³-hybridized carbons (Fsp3) is 0.364. The summed E-state index contributed by atoms with van der Waals surface area (Å²) in [6.07, 6.45) is 3.31. The second kappa shape index (κ2) is 5.09. The van der Waals surface area contributed by atoms with Crippen LogP contribution in [-0.4, -0.2) is 14.5 Å². The van der Waals surface area contributed by atoms with E-state index < -0.39 is 0 Å². The van der Waals surface area contributed by atoms with Crippen LogP contribution in [0.3, 0.4) is 0 Å². The van der Waals surface area contributed by atoms with E-state index in [0.717, 1.165) is 10.7 Å². The van der Waals surface area contributed by atoms with Crippen molar-refractivity contribution in [1.82, 2.24) is 14.5 Å². The Morgan fingerprint density at radius 1 is 1.53 bits per heavy atom. The van der Waals surface area contributed by atoms with Crippen molar-refractivity contribution in [2.75, 3.05) is 5.32 Å². The van der Waals surface area contributed by atoms with Gasteiger partial charge in [0, 0.05) is 30.0 Å². The molecular weight excluding hydrogens is 236 g/mol. The van der Waals surface area contributed by atoms with Gasteiger partial charge in [-0.3, -0.25) is 4.79 Å². The zero-order chi connectivity index (χ0) is 12.3. The van der Waals surface area contributed by atoms with E-state index in [0.29, 0.717) is 18.9 Å². The van der Waals surface area contributed by atoms with Crippen LogP contribution in [0.1, 0.15) is 17.6 Å². The molecule has 2 rings (SSSR count). The largest absolute Gasteiger partial charge is 0.359 e. The van der Waals surface area contributed by atoms with E-state index in [1.807, 2.05) is 19.2 Å². The third kappa shape index (κ3) is 2.71. The lowest BCUT2D eigenvalue weighted by Gasteiger charge is -2.05. The summed E-state index contributed by atoms with van der Waals surface area (Å²) in [5, 5.41) is 5.96. The summed E-state index contributed by atoms with van der Waals surface area (Å²) < 4.78 is 1.61. The van der Waals surface area contributed by atoms with Crippen LogP contribution >= 0.6 is 11.3 Å². The minimum absolute atomic E-state index is 0.0942. The molecule has 0 aliphatic heterocycles. The highest BCUT2D eigenvalue weighted by Crippen LogP contribution is 2.09. The summed E-state index contributed by atoms with van der Waals surface area (Å²) in [5.74, 6) is 0.377. The topological polar surface area (TPSA) is 59.8 Å². The van der Waals surface area contributed by atoms with Crippen LogP contribution < -0.4 is 10.9 Å². The maximum atomic E-state index is 11.8. The molecule has 0 aliphatic carbocycles. The molecule has 0 unspecified atom stereocenters. The number of hydrogen-bond acceptors (Lipinski definition) is 5. The Morgan fingerprint density at radius 2 is 2.35 bits per heavy atom. The van der Waals surface area contributed by atoms with Crippen LogP contribution in [0.2, 0.25) is 0 Å². The molecule has 0 saturated carbocycles. The summed E-state index contributed by atoms with van der Waals surface area (Å²) in [6.45, 7) is 5.06. The van der Waals surface area contributed by atoms with Crippen LogP contribution in [0.25, 0.3) is 0 Å². The van der Waals surface area contributed by atoms with E-state index >= 15 is 0 Å². The molecule has 0 atom stereocenters. The third-order valence-electron chi connectivity index (χ3n) is 2.33. The molecule has 5 nitrogen and oxygen atoms in total. The van der Waals surface area contributed by atoms with Crippen LogP contribution in [0, 0.1) is 6.92 Å². The highest BCUT2D eigenvalue weighted by molar-refractivity contribution is 7.09. The Labute approximate surface area is 103 Å². The van der Waals surface area contributed by atoms with Crippen LogP contribution in [0.5, 0.6) is 0 Å². The summed E-state index contributed by atoms with van der Waals surface area (Å²) in [6, 6.07) is 0. The predicted molar refractivity (Wildman–Crippen MR) is 68.3 cm³/mol. The summed E-state index contributed by atoms with van der Waals surface area (Å²) in [7, 11) is 0. The van der Waals surface area contributed by atoms with Gasteiger partial charge < -0.3 is 9.88 Å². The first kappa shape index (κ1) is 11.8. The fourth-order valence-corrected chi connectivity index (χ4v) is 2.17. The van der Waals surface area contributed by atoms with Crippen molar-refractivity contribution in [2.45, 2.75) is 26.9 Å². The predicted octanol–water partition coefficient (Wildman–Crippen LogP) is 1.64. The first-order chi connectivity index (χ1) is 8.20. The number of nitrogens with one attached hydrogen (secondary N) is 1. The van der Waals surface area contributed by atoms with Gasteiger partial charge in [0.15, 0.2) is 5.82 Å². The monoisotopic (exact) mass is 250 g/mol. The van der Waals surface area contributed by atoms with Crippen molar-refractivity contribution >= 4 is 17.2 Å². The maximum absolute atomic E-state index is 11.8. The second-order valence-electron chi connectivity index (χ2n) is 3.60. The molecule has 0 saturated heterocycles. The highest BCUT2D eigenvalue weighted by atomic mass is 32.1. The molecule has 2 aromatic rings. The van der Waals surface area contributed by atoms with Crippen LogP contribution in [0.15, 0.2) is 22.6 Å². The zero-order valence-corrected chi connectivity index (χ0v) is 10.6. The number of thiazole rings is 1. The molecule has 0 spiro atoms. The number of anilines is 1. The average Bonchev–Trinajstić information content (AvgIpc) is 2.74. The lowest BCUT2D eigenvalue weighted by Crippen LogP contribution is -2.23. The fourth-order valence-electron chi connectivity index (χ4n) is 1.46. The molecule has 2 heterocycles. The molecule has 0 amide bonds. The molecular formula is C11H14N4OS. The summed E-state index contributed by atoms with van der Waals surface area (Å²) >= 11 is 1.57. The molecule has 0 fully saturated rings. The van der Waals surface area contributed by atoms with Gasteiger partial charge in [0.05, 0.1) is 6.54 Å². The molecule has 1 N–H and O–H groups in total. The average molecular weight is 250 g/mol. The quantitative estimate of drug-likeness (QED) is 0.896. The summed E-state index contributed by atoms with van der Waals surface area (Å²) in [5.41, 5.74) is 0.905. The molecule has 90 valence electrons. The number of aryl methyl sites for hydroxylation is 2. The van der Waals surface area contributed by atoms with Crippen molar-refractivity contribution in [3.63, 3.8) is 0 Å². The summed E-state index contributed by atoms with van der Waals surface area (Å²) in [4.78, 5) is 20.2. The normalized spacial score (nSPS) is 10.5. The number of rotatable bonds is 4. The number of nitrogens with zero attached hydrogens (tertiary/aromatic N) is 3. The first-order valence-electron chi connectivity index (χ1n) is 5.41. The van der Waals surface area contributed by atoms with E-state index in [-0.39, 0.29) is 5.56 Å². The van der Waals surface area contributed by atoms with Gasteiger partial charge in [-0.25, -0.2) is 9.97 Å². The highest BCUT2D eigenvalue weighted by Gasteiger charge is 2.04. The Hall–Kier alpha value is -1.69. The van der Waals surface area contributed by atoms with E-state index in [9.17, 15) is 4.79 Å². The van der Waals surface area contributed by atoms with Crippen molar-refractivity contribution < 1.29 is 0 Å². The van der Waals surface area contributed by atoms with Gasteiger partial charge in [-0.2, -0.15) is 0 Å². The lowest BCUT2D eigenvalue weighted by molar-refractivity contribution is 0.718. The van der Waals surface area contributed by atoms with E-state index in [4.69, 9.17) is 0 Å². The van der Waals surface area contributed by atoms with Gasteiger partial charge in [-0.05, 0) is 13.8 Å². The van der Waals surface area contributed by atoms with Gasteiger partial charge in [-0.15, -0.1) is 11.3 Å². The molecule has 2 aromatic heterocycles. The van der Waals surface area contributed by atoms with Gasteiger partial charge in [0.1, 0.15) is 5.01 Å². The lowest BCUT2D eigenvalue weighted by atomic mass is 10.5. The van der Waals surface area contributed by atoms with Gasteiger partial charge >= 0.3 is 0 Å². The van der Waals surface area contributed by atoms with Gasteiger partial charge in [0.2, 0.25) is 0 Å². The molecule has 6 heteroatoms. The number of aromatic nitrogens is 3. The molecule has 0 aromatic carbocycles. The molecule has 0 aliphatic rings. The second-order valence-corrected chi connectivity index (χ2v) is 4.55. The Kier molecular flexibility index (Phi) is 3.53. The van der Waals surface area contributed by atoms with Crippen LogP contribution in [-0.2, 0) is 13.1 Å². The Balaban J connectivity index is 2.11. The third-order valence-corrected chi connectivity index (χ3v) is 3.29. The minimum Gasteiger partial charge on any atom is -0.359 e. The Bertz CT molecular complexity index is 561. The van der Waals surface area contributed by atoms with Gasteiger partial charge in [-0.1, -0.05) is 0 Å². The van der Waals surface area contributed by atoms with Crippen LogP contribution in [0.4, 0.5) is 5.82 Å². The maximum Gasteiger partial charge on any atom is 0.293 e. The van der Waals surface area contributed by atoms with Crippen molar-refractivity contribution in [3.05, 3.63) is 38.8 Å². The smallest absolute Gasteiger partial charge is 0.293 e. The SMILES string of the molecule is CCn1ccnc(NCc2nc(C)cs2)c1=O. The molecule has 0 bridgehead atoms. The Morgan fingerprint density at radius 3 is 3.00 bits per heavy atom. The van der Waals surface area contributed by atoms with E-state index in [2.05, 4.69) is 15.3 Å². The molecule has 0 radical (unpaired) electrons. The van der Waals surface area contributed by atoms with E-state index in [1.165, 1.54) is 0 Å². The van der Waals surface area contributed by atoms with Gasteiger partial charge in [0.25, 0.3) is 5.56 Å². The van der Waals surface area contributed by atoms with E-state index in [1.54, 1.807) is 28.3 Å². The van der Waals surface area contributed by atoms with Crippen molar-refractivity contribution in [1.29, 1.82) is 0 Å². The minimum atomic E-state index is -0.0942. The molecule has 17 heavy (non-hydrogen) atoms. The van der Waals surface area contributed by atoms with Crippen molar-refractivity contribution in [3.8, 4) is 0 Å².